The Bertz CT molecular complexity index is 759. The maximum atomic E-state index is 6.37. The second-order valence-electron chi connectivity index (χ2n) is 5.28. The van der Waals surface area contributed by atoms with Crippen molar-refractivity contribution in [1.82, 2.24) is 0 Å². The summed E-state index contributed by atoms with van der Waals surface area (Å²) in [6, 6.07) is 17.4. The van der Waals surface area contributed by atoms with Crippen molar-refractivity contribution in [3.63, 3.8) is 0 Å². The SMILES string of the molecule is NC(c1ccsc1)c1ccc2c(c1)Cc1ccccc1-2. The summed E-state index contributed by atoms with van der Waals surface area (Å²) in [7, 11) is 0. The predicted molar refractivity (Wildman–Crippen MR) is 85.0 cm³/mol. The molecule has 1 aliphatic carbocycles. The molecule has 3 aromatic rings. The number of hydrogen-bond acceptors (Lipinski definition) is 2. The summed E-state index contributed by atoms with van der Waals surface area (Å²) in [5, 5.41) is 4.21. The van der Waals surface area contributed by atoms with Gasteiger partial charge in [-0.1, -0.05) is 42.5 Å². The lowest BCUT2D eigenvalue weighted by molar-refractivity contribution is 0.875. The van der Waals surface area contributed by atoms with Gasteiger partial charge in [-0.3, -0.25) is 0 Å². The number of rotatable bonds is 2. The van der Waals surface area contributed by atoms with Gasteiger partial charge in [0.1, 0.15) is 0 Å². The van der Waals surface area contributed by atoms with E-state index < -0.39 is 0 Å². The van der Waals surface area contributed by atoms with Crippen LogP contribution >= 0.6 is 11.3 Å². The first kappa shape index (κ1) is 11.9. The second-order valence-corrected chi connectivity index (χ2v) is 6.06. The standard InChI is InChI=1S/C18H15NS/c19-18(14-7-8-20-11-14)13-5-6-17-15(10-13)9-12-3-1-2-4-16(12)17/h1-8,10-11,18H,9,19H2. The fourth-order valence-corrected chi connectivity index (χ4v) is 3.70. The third-order valence-corrected chi connectivity index (χ3v) is 4.78. The average Bonchev–Trinajstić information content (AvgIpc) is 3.13. The van der Waals surface area contributed by atoms with Crippen LogP contribution in [0.25, 0.3) is 11.1 Å². The lowest BCUT2D eigenvalue weighted by Crippen LogP contribution is -2.11. The Labute approximate surface area is 122 Å². The van der Waals surface area contributed by atoms with Crippen molar-refractivity contribution < 1.29 is 0 Å². The number of benzene rings is 2. The molecule has 1 heterocycles. The Balaban J connectivity index is 1.75. The van der Waals surface area contributed by atoms with E-state index in [1.54, 1.807) is 11.3 Å². The minimum Gasteiger partial charge on any atom is -0.320 e. The van der Waals surface area contributed by atoms with E-state index in [4.69, 9.17) is 5.73 Å². The number of thiophene rings is 1. The molecule has 0 amide bonds. The molecule has 1 nitrogen and oxygen atoms in total. The van der Waals surface area contributed by atoms with Crippen molar-refractivity contribution >= 4 is 11.3 Å². The van der Waals surface area contributed by atoms with Crippen LogP contribution in [0.3, 0.4) is 0 Å². The smallest absolute Gasteiger partial charge is 0.0559 e. The Morgan fingerprint density at radius 2 is 1.75 bits per heavy atom. The van der Waals surface area contributed by atoms with Crippen LogP contribution in [0.15, 0.2) is 59.3 Å². The van der Waals surface area contributed by atoms with Gasteiger partial charge in [0.05, 0.1) is 6.04 Å². The molecule has 1 aliphatic rings. The number of fused-ring (bicyclic) bond motifs is 3. The summed E-state index contributed by atoms with van der Waals surface area (Å²) in [4.78, 5) is 0. The first-order valence-corrected chi connectivity index (χ1v) is 7.76. The normalized spacial score (nSPS) is 13.8. The van der Waals surface area contributed by atoms with Gasteiger partial charge in [-0.15, -0.1) is 0 Å². The highest BCUT2D eigenvalue weighted by molar-refractivity contribution is 7.08. The second kappa shape index (κ2) is 4.58. The van der Waals surface area contributed by atoms with Gasteiger partial charge >= 0.3 is 0 Å². The van der Waals surface area contributed by atoms with Crippen LogP contribution < -0.4 is 5.73 Å². The molecule has 4 rings (SSSR count). The Hall–Kier alpha value is -1.90. The topological polar surface area (TPSA) is 26.0 Å². The minimum atomic E-state index is -0.0183. The highest BCUT2D eigenvalue weighted by Gasteiger charge is 2.19. The van der Waals surface area contributed by atoms with E-state index in [0.29, 0.717) is 0 Å². The molecule has 0 aliphatic heterocycles. The monoisotopic (exact) mass is 277 g/mol. The van der Waals surface area contributed by atoms with Crippen LogP contribution in [-0.2, 0) is 6.42 Å². The zero-order chi connectivity index (χ0) is 13.5. The molecular weight excluding hydrogens is 262 g/mol. The minimum absolute atomic E-state index is 0.0183. The first-order chi connectivity index (χ1) is 9.83. The van der Waals surface area contributed by atoms with Crippen LogP contribution in [0.2, 0.25) is 0 Å². The van der Waals surface area contributed by atoms with Crippen molar-refractivity contribution in [3.8, 4) is 11.1 Å². The highest BCUT2D eigenvalue weighted by Crippen LogP contribution is 2.37. The predicted octanol–water partition coefficient (Wildman–Crippen LogP) is 4.37. The Kier molecular flexibility index (Phi) is 2.72. The first-order valence-electron chi connectivity index (χ1n) is 6.82. The molecule has 0 bridgehead atoms. The number of hydrogen-bond donors (Lipinski definition) is 1. The maximum absolute atomic E-state index is 6.37. The van der Waals surface area contributed by atoms with Crippen LogP contribution in [0.1, 0.15) is 28.3 Å². The molecule has 0 radical (unpaired) electrons. The largest absolute Gasteiger partial charge is 0.320 e. The Morgan fingerprint density at radius 3 is 2.60 bits per heavy atom. The summed E-state index contributed by atoms with van der Waals surface area (Å²) in [6.45, 7) is 0. The quantitative estimate of drug-likeness (QED) is 0.578. The van der Waals surface area contributed by atoms with E-state index in [0.717, 1.165) is 6.42 Å². The third-order valence-electron chi connectivity index (χ3n) is 4.08. The van der Waals surface area contributed by atoms with Gasteiger partial charge in [0.25, 0.3) is 0 Å². The van der Waals surface area contributed by atoms with Gasteiger partial charge in [0.2, 0.25) is 0 Å². The average molecular weight is 277 g/mol. The molecule has 20 heavy (non-hydrogen) atoms. The highest BCUT2D eigenvalue weighted by atomic mass is 32.1. The van der Waals surface area contributed by atoms with Gasteiger partial charge in [-0.2, -0.15) is 11.3 Å². The molecule has 1 unspecified atom stereocenters. The molecule has 2 aromatic carbocycles. The zero-order valence-electron chi connectivity index (χ0n) is 11.0. The lowest BCUT2D eigenvalue weighted by atomic mass is 9.97. The van der Waals surface area contributed by atoms with Crippen LogP contribution in [0.5, 0.6) is 0 Å². The van der Waals surface area contributed by atoms with E-state index in [9.17, 15) is 0 Å². The molecule has 2 N–H and O–H groups in total. The van der Waals surface area contributed by atoms with Crippen molar-refractivity contribution in [3.05, 3.63) is 81.5 Å². The van der Waals surface area contributed by atoms with Crippen molar-refractivity contribution in [2.75, 3.05) is 0 Å². The van der Waals surface area contributed by atoms with E-state index in [-0.39, 0.29) is 6.04 Å². The van der Waals surface area contributed by atoms with Crippen molar-refractivity contribution in [1.29, 1.82) is 0 Å². The van der Waals surface area contributed by atoms with Gasteiger partial charge in [-0.25, -0.2) is 0 Å². The van der Waals surface area contributed by atoms with Gasteiger partial charge in [0, 0.05) is 0 Å². The maximum Gasteiger partial charge on any atom is 0.0559 e. The molecule has 1 aromatic heterocycles. The Morgan fingerprint density at radius 1 is 0.900 bits per heavy atom. The fourth-order valence-electron chi connectivity index (χ4n) is 3.00. The van der Waals surface area contributed by atoms with Crippen molar-refractivity contribution in [2.45, 2.75) is 12.5 Å². The van der Waals surface area contributed by atoms with Crippen molar-refractivity contribution in [2.24, 2.45) is 5.73 Å². The van der Waals surface area contributed by atoms with E-state index in [1.807, 2.05) is 0 Å². The summed E-state index contributed by atoms with van der Waals surface area (Å²) in [5.41, 5.74) is 14.3. The van der Waals surface area contributed by atoms with Gasteiger partial charge < -0.3 is 5.73 Å². The molecule has 0 fully saturated rings. The molecule has 0 saturated heterocycles. The van der Waals surface area contributed by atoms with Crippen LogP contribution in [-0.4, -0.2) is 0 Å². The molecule has 0 saturated carbocycles. The van der Waals surface area contributed by atoms with Gasteiger partial charge in [0.15, 0.2) is 0 Å². The molecular formula is C18H15NS. The molecule has 98 valence electrons. The molecule has 0 spiro atoms. The van der Waals surface area contributed by atoms with Gasteiger partial charge in [-0.05, 0) is 56.6 Å². The fraction of sp³-hybridized carbons (Fsp3) is 0.111. The summed E-state index contributed by atoms with van der Waals surface area (Å²) in [5.74, 6) is 0. The van der Waals surface area contributed by atoms with E-state index in [1.165, 1.54) is 33.4 Å². The summed E-state index contributed by atoms with van der Waals surface area (Å²) < 4.78 is 0. The molecule has 1 atom stereocenters. The summed E-state index contributed by atoms with van der Waals surface area (Å²) in [6.07, 6.45) is 1.02. The summed E-state index contributed by atoms with van der Waals surface area (Å²) >= 11 is 1.70. The van der Waals surface area contributed by atoms with E-state index >= 15 is 0 Å². The van der Waals surface area contributed by atoms with Crippen LogP contribution in [0, 0.1) is 0 Å². The van der Waals surface area contributed by atoms with Crippen LogP contribution in [0.4, 0.5) is 0 Å². The third kappa shape index (κ3) is 1.80. The number of nitrogens with two attached hydrogens (primary N) is 1. The molecule has 2 heteroatoms. The van der Waals surface area contributed by atoms with E-state index in [2.05, 4.69) is 59.3 Å². The zero-order valence-corrected chi connectivity index (χ0v) is 11.9. The lowest BCUT2D eigenvalue weighted by Gasteiger charge is -2.12.